The van der Waals surface area contributed by atoms with Crippen LogP contribution in [0.4, 0.5) is 11.4 Å². The number of nitrogen functional groups attached to an aromatic ring is 1. The second-order valence-electron chi connectivity index (χ2n) is 3.89. The molecule has 7 heteroatoms. The number of hydrogen-bond donors (Lipinski definition) is 2. The first-order chi connectivity index (χ1) is 8.54. The van der Waals surface area contributed by atoms with Gasteiger partial charge in [0, 0.05) is 25.5 Å². The summed E-state index contributed by atoms with van der Waals surface area (Å²) in [5.74, 6) is -0.239. The molecule has 94 valence electrons. The predicted octanol–water partition coefficient (Wildman–Crippen LogP) is -0.197. The zero-order valence-electron chi connectivity index (χ0n) is 9.83. The Morgan fingerprint density at radius 1 is 1.44 bits per heavy atom. The molecule has 0 aliphatic rings. The SMILES string of the molecule is Cn1cc(NC(=O)Cn2cc(N)cn2)ccc1=O. The average Bonchev–Trinajstić information content (AvgIpc) is 2.69. The number of anilines is 2. The molecule has 0 aliphatic heterocycles. The van der Waals surface area contributed by atoms with E-state index in [2.05, 4.69) is 10.4 Å². The summed E-state index contributed by atoms with van der Waals surface area (Å²) in [6.45, 7) is 0.0695. The van der Waals surface area contributed by atoms with Gasteiger partial charge in [0.05, 0.1) is 17.6 Å². The number of nitrogens with zero attached hydrogens (tertiary/aromatic N) is 3. The predicted molar refractivity (Wildman–Crippen MR) is 67.0 cm³/mol. The molecule has 0 fully saturated rings. The summed E-state index contributed by atoms with van der Waals surface area (Å²) in [5, 5.41) is 6.57. The van der Waals surface area contributed by atoms with Gasteiger partial charge in [-0.25, -0.2) is 0 Å². The fraction of sp³-hybridized carbons (Fsp3) is 0.182. The fourth-order valence-electron chi connectivity index (χ4n) is 1.48. The van der Waals surface area contributed by atoms with Crippen LogP contribution in [0.5, 0.6) is 0 Å². The van der Waals surface area contributed by atoms with Crippen LogP contribution < -0.4 is 16.6 Å². The number of amides is 1. The van der Waals surface area contributed by atoms with Crippen molar-refractivity contribution in [1.29, 1.82) is 0 Å². The third-order valence-electron chi connectivity index (χ3n) is 2.33. The smallest absolute Gasteiger partial charge is 0.250 e. The van der Waals surface area contributed by atoms with Crippen LogP contribution in [0.3, 0.4) is 0 Å². The molecule has 1 amide bonds. The Morgan fingerprint density at radius 2 is 2.22 bits per heavy atom. The molecular formula is C11H13N5O2. The summed E-state index contributed by atoms with van der Waals surface area (Å²) in [5.41, 5.74) is 6.42. The number of pyridine rings is 1. The van der Waals surface area contributed by atoms with Crippen LogP contribution in [-0.4, -0.2) is 20.3 Å². The summed E-state index contributed by atoms with van der Waals surface area (Å²) in [6, 6.07) is 2.94. The third kappa shape index (κ3) is 2.76. The molecule has 0 unspecified atom stereocenters. The van der Waals surface area contributed by atoms with Gasteiger partial charge in [-0.1, -0.05) is 0 Å². The lowest BCUT2D eigenvalue weighted by molar-refractivity contribution is -0.116. The highest BCUT2D eigenvalue weighted by Crippen LogP contribution is 2.03. The standard InChI is InChI=1S/C11H13N5O2/c1-15-6-9(2-3-11(15)18)14-10(17)7-16-5-8(12)4-13-16/h2-6H,7,12H2,1H3,(H,14,17). The summed E-state index contributed by atoms with van der Waals surface area (Å²) < 4.78 is 2.83. The van der Waals surface area contributed by atoms with Crippen molar-refractivity contribution in [2.45, 2.75) is 6.54 Å². The van der Waals surface area contributed by atoms with E-state index >= 15 is 0 Å². The highest BCUT2D eigenvalue weighted by atomic mass is 16.2. The topological polar surface area (TPSA) is 94.9 Å². The van der Waals surface area contributed by atoms with Crippen LogP contribution in [-0.2, 0) is 18.4 Å². The normalized spacial score (nSPS) is 10.3. The van der Waals surface area contributed by atoms with E-state index in [0.29, 0.717) is 11.4 Å². The molecule has 0 bridgehead atoms. The Hall–Kier alpha value is -2.57. The zero-order chi connectivity index (χ0) is 13.1. The summed E-state index contributed by atoms with van der Waals surface area (Å²) in [4.78, 5) is 22.9. The highest BCUT2D eigenvalue weighted by Gasteiger charge is 2.05. The molecule has 3 N–H and O–H groups in total. The summed E-state index contributed by atoms with van der Waals surface area (Å²) in [7, 11) is 1.62. The lowest BCUT2D eigenvalue weighted by atomic mass is 10.4. The lowest BCUT2D eigenvalue weighted by Gasteiger charge is -2.06. The first-order valence-electron chi connectivity index (χ1n) is 5.29. The minimum absolute atomic E-state index is 0.0695. The number of aromatic nitrogens is 3. The Labute approximate surface area is 103 Å². The number of carbonyl (C=O) groups excluding carboxylic acids is 1. The van der Waals surface area contributed by atoms with E-state index in [1.54, 1.807) is 25.5 Å². The van der Waals surface area contributed by atoms with Gasteiger partial charge in [0.15, 0.2) is 0 Å². The van der Waals surface area contributed by atoms with E-state index in [-0.39, 0.29) is 18.0 Å². The van der Waals surface area contributed by atoms with E-state index in [9.17, 15) is 9.59 Å². The molecular weight excluding hydrogens is 234 g/mol. The van der Waals surface area contributed by atoms with Crippen LogP contribution >= 0.6 is 0 Å². The summed E-state index contributed by atoms with van der Waals surface area (Å²) >= 11 is 0. The molecule has 0 aromatic carbocycles. The zero-order valence-corrected chi connectivity index (χ0v) is 9.83. The number of aryl methyl sites for hydroxylation is 1. The average molecular weight is 247 g/mol. The molecule has 7 nitrogen and oxygen atoms in total. The first-order valence-corrected chi connectivity index (χ1v) is 5.29. The maximum Gasteiger partial charge on any atom is 0.250 e. The maximum atomic E-state index is 11.7. The van der Waals surface area contributed by atoms with Crippen LogP contribution in [0.15, 0.2) is 35.5 Å². The Morgan fingerprint density at radius 3 is 2.83 bits per heavy atom. The van der Waals surface area contributed by atoms with Gasteiger partial charge in [-0.2, -0.15) is 5.10 Å². The van der Waals surface area contributed by atoms with Gasteiger partial charge in [0.2, 0.25) is 11.5 Å². The Balaban J connectivity index is 2.03. The van der Waals surface area contributed by atoms with Crippen molar-refractivity contribution in [3.63, 3.8) is 0 Å². The molecule has 2 rings (SSSR count). The molecule has 18 heavy (non-hydrogen) atoms. The van der Waals surface area contributed by atoms with Crippen molar-refractivity contribution in [3.8, 4) is 0 Å². The van der Waals surface area contributed by atoms with Crippen molar-refractivity contribution >= 4 is 17.3 Å². The van der Waals surface area contributed by atoms with Crippen molar-refractivity contribution < 1.29 is 4.79 Å². The van der Waals surface area contributed by atoms with E-state index in [1.165, 1.54) is 21.5 Å². The second-order valence-corrected chi connectivity index (χ2v) is 3.89. The minimum Gasteiger partial charge on any atom is -0.396 e. The molecule has 2 aromatic rings. The largest absolute Gasteiger partial charge is 0.396 e. The van der Waals surface area contributed by atoms with Gasteiger partial charge >= 0.3 is 0 Å². The van der Waals surface area contributed by atoms with E-state index in [1.807, 2.05) is 0 Å². The number of carbonyl (C=O) groups is 1. The molecule has 2 aromatic heterocycles. The summed E-state index contributed by atoms with van der Waals surface area (Å²) in [6.07, 6.45) is 4.59. The number of nitrogens with two attached hydrogens (primary N) is 1. The van der Waals surface area contributed by atoms with Crippen molar-refractivity contribution in [1.82, 2.24) is 14.3 Å². The van der Waals surface area contributed by atoms with Crippen LogP contribution in [0.1, 0.15) is 0 Å². The van der Waals surface area contributed by atoms with E-state index in [4.69, 9.17) is 5.73 Å². The number of hydrogen-bond acceptors (Lipinski definition) is 4. The quantitative estimate of drug-likeness (QED) is 0.785. The molecule has 0 saturated carbocycles. The lowest BCUT2D eigenvalue weighted by Crippen LogP contribution is -2.21. The second kappa shape index (κ2) is 4.74. The van der Waals surface area contributed by atoms with Gasteiger partial charge in [-0.15, -0.1) is 0 Å². The van der Waals surface area contributed by atoms with E-state index < -0.39 is 0 Å². The molecule has 0 radical (unpaired) electrons. The van der Waals surface area contributed by atoms with Gasteiger partial charge in [-0.3, -0.25) is 14.3 Å². The van der Waals surface area contributed by atoms with Gasteiger partial charge in [0.25, 0.3) is 0 Å². The van der Waals surface area contributed by atoms with Crippen LogP contribution in [0, 0.1) is 0 Å². The maximum absolute atomic E-state index is 11.7. The highest BCUT2D eigenvalue weighted by molar-refractivity contribution is 5.90. The number of nitrogens with one attached hydrogen (secondary N) is 1. The van der Waals surface area contributed by atoms with E-state index in [0.717, 1.165) is 0 Å². The molecule has 2 heterocycles. The minimum atomic E-state index is -0.239. The Bertz CT molecular complexity index is 628. The fourth-order valence-corrected chi connectivity index (χ4v) is 1.48. The van der Waals surface area contributed by atoms with Crippen molar-refractivity contribution in [2.24, 2.45) is 7.05 Å². The third-order valence-corrected chi connectivity index (χ3v) is 2.33. The van der Waals surface area contributed by atoms with Crippen molar-refractivity contribution in [2.75, 3.05) is 11.1 Å². The number of rotatable bonds is 3. The van der Waals surface area contributed by atoms with Gasteiger partial charge in [-0.05, 0) is 6.07 Å². The Kier molecular flexibility index (Phi) is 3.13. The van der Waals surface area contributed by atoms with Crippen LogP contribution in [0.2, 0.25) is 0 Å². The van der Waals surface area contributed by atoms with Gasteiger partial charge < -0.3 is 15.6 Å². The monoisotopic (exact) mass is 247 g/mol. The molecule has 0 aliphatic carbocycles. The molecule has 0 spiro atoms. The molecule has 0 atom stereocenters. The van der Waals surface area contributed by atoms with Crippen molar-refractivity contribution in [3.05, 3.63) is 41.1 Å². The van der Waals surface area contributed by atoms with Crippen LogP contribution in [0.25, 0.3) is 0 Å². The first kappa shape index (κ1) is 11.9. The van der Waals surface area contributed by atoms with Gasteiger partial charge in [0.1, 0.15) is 6.54 Å². The molecule has 0 saturated heterocycles.